The standard InChI is InChI=1S/C22H20N2O3/c25-22(26)21-10-9-20(27-21)16-7-5-15(6-8-16)13-23-12-11-17-14-24-19-4-2-1-3-18(17)19/h1-10,14,23-24H,11-13H2,(H,25,26). The fourth-order valence-electron chi connectivity index (χ4n) is 3.19. The summed E-state index contributed by atoms with van der Waals surface area (Å²) < 4.78 is 5.33. The summed E-state index contributed by atoms with van der Waals surface area (Å²) in [6.07, 6.45) is 3.04. The number of aromatic amines is 1. The molecular formula is C22H20N2O3. The quantitative estimate of drug-likeness (QED) is 0.425. The monoisotopic (exact) mass is 360 g/mol. The van der Waals surface area contributed by atoms with Gasteiger partial charge in [-0.2, -0.15) is 0 Å². The zero-order chi connectivity index (χ0) is 18.6. The molecule has 0 spiro atoms. The number of para-hydroxylation sites is 1. The van der Waals surface area contributed by atoms with Crippen LogP contribution in [0.25, 0.3) is 22.2 Å². The molecule has 5 heteroatoms. The van der Waals surface area contributed by atoms with Crippen LogP contribution < -0.4 is 5.32 Å². The van der Waals surface area contributed by atoms with Gasteiger partial charge in [-0.3, -0.25) is 0 Å². The molecule has 0 amide bonds. The Morgan fingerprint density at radius 2 is 1.85 bits per heavy atom. The van der Waals surface area contributed by atoms with E-state index in [1.54, 1.807) is 6.07 Å². The number of hydrogen-bond acceptors (Lipinski definition) is 3. The van der Waals surface area contributed by atoms with E-state index in [0.717, 1.165) is 25.1 Å². The largest absolute Gasteiger partial charge is 0.475 e. The van der Waals surface area contributed by atoms with E-state index >= 15 is 0 Å². The molecule has 27 heavy (non-hydrogen) atoms. The van der Waals surface area contributed by atoms with Crippen LogP contribution >= 0.6 is 0 Å². The molecule has 5 nitrogen and oxygen atoms in total. The van der Waals surface area contributed by atoms with Gasteiger partial charge < -0.3 is 19.8 Å². The van der Waals surface area contributed by atoms with E-state index in [1.807, 2.05) is 30.3 Å². The predicted octanol–water partition coefficient (Wildman–Crippen LogP) is 4.46. The van der Waals surface area contributed by atoms with Crippen molar-refractivity contribution in [1.29, 1.82) is 0 Å². The van der Waals surface area contributed by atoms with E-state index in [9.17, 15) is 4.79 Å². The van der Waals surface area contributed by atoms with Crippen LogP contribution in [0.2, 0.25) is 0 Å². The normalized spacial score (nSPS) is 11.1. The highest BCUT2D eigenvalue weighted by molar-refractivity contribution is 5.85. The summed E-state index contributed by atoms with van der Waals surface area (Å²) in [6, 6.07) is 19.4. The summed E-state index contributed by atoms with van der Waals surface area (Å²) in [5.74, 6) is -0.545. The highest BCUT2D eigenvalue weighted by Crippen LogP contribution is 2.22. The number of carboxylic acids is 1. The number of furan rings is 1. The molecule has 0 saturated heterocycles. The van der Waals surface area contributed by atoms with Crippen molar-refractivity contribution in [2.75, 3.05) is 6.54 Å². The van der Waals surface area contributed by atoms with Crippen LogP contribution in [0.3, 0.4) is 0 Å². The Balaban J connectivity index is 1.31. The molecule has 2 aromatic heterocycles. The fraction of sp³-hybridized carbons (Fsp3) is 0.136. The van der Waals surface area contributed by atoms with Crippen molar-refractivity contribution in [3.05, 3.63) is 83.7 Å². The molecule has 3 N–H and O–H groups in total. The number of rotatable bonds is 7. The lowest BCUT2D eigenvalue weighted by atomic mass is 10.1. The number of aromatic carboxylic acids is 1. The lowest BCUT2D eigenvalue weighted by Crippen LogP contribution is -2.16. The molecule has 0 aliphatic carbocycles. The fourth-order valence-corrected chi connectivity index (χ4v) is 3.19. The van der Waals surface area contributed by atoms with Gasteiger partial charge in [0.2, 0.25) is 5.76 Å². The van der Waals surface area contributed by atoms with Crippen LogP contribution in [0.1, 0.15) is 21.7 Å². The van der Waals surface area contributed by atoms with Crippen molar-refractivity contribution < 1.29 is 14.3 Å². The number of carboxylic acid groups (broad SMARTS) is 1. The van der Waals surface area contributed by atoms with E-state index in [2.05, 4.69) is 34.7 Å². The molecule has 0 aliphatic rings. The average molecular weight is 360 g/mol. The predicted molar refractivity (Wildman–Crippen MR) is 105 cm³/mol. The van der Waals surface area contributed by atoms with Gasteiger partial charge in [-0.05, 0) is 42.3 Å². The number of hydrogen-bond donors (Lipinski definition) is 3. The maximum Gasteiger partial charge on any atom is 0.371 e. The van der Waals surface area contributed by atoms with Crippen LogP contribution in [-0.2, 0) is 13.0 Å². The number of H-pyrrole nitrogens is 1. The SMILES string of the molecule is O=C(O)c1ccc(-c2ccc(CNCCc3c[nH]c4ccccc34)cc2)o1. The Morgan fingerprint density at radius 1 is 1.04 bits per heavy atom. The molecule has 2 heterocycles. The first-order valence-electron chi connectivity index (χ1n) is 8.89. The molecule has 0 fully saturated rings. The van der Waals surface area contributed by atoms with Gasteiger partial charge in [0.1, 0.15) is 5.76 Å². The van der Waals surface area contributed by atoms with Gasteiger partial charge in [-0.15, -0.1) is 0 Å². The summed E-state index contributed by atoms with van der Waals surface area (Å²) in [5, 5.41) is 13.7. The van der Waals surface area contributed by atoms with Gasteiger partial charge >= 0.3 is 5.97 Å². The minimum Gasteiger partial charge on any atom is -0.475 e. The molecule has 4 aromatic rings. The molecule has 2 aromatic carbocycles. The maximum atomic E-state index is 10.9. The number of fused-ring (bicyclic) bond motifs is 1. The summed E-state index contributed by atoms with van der Waals surface area (Å²) in [6.45, 7) is 1.67. The molecular weight excluding hydrogens is 340 g/mol. The third-order valence-electron chi connectivity index (χ3n) is 4.63. The molecule has 0 bridgehead atoms. The van der Waals surface area contributed by atoms with Gasteiger partial charge in [0.15, 0.2) is 0 Å². The molecule has 4 rings (SSSR count). The van der Waals surface area contributed by atoms with Crippen molar-refractivity contribution in [3.63, 3.8) is 0 Å². The van der Waals surface area contributed by atoms with E-state index in [0.29, 0.717) is 5.76 Å². The molecule has 0 saturated carbocycles. The van der Waals surface area contributed by atoms with E-state index in [1.165, 1.54) is 28.1 Å². The first-order valence-corrected chi connectivity index (χ1v) is 8.89. The second-order valence-corrected chi connectivity index (χ2v) is 6.45. The first kappa shape index (κ1) is 17.1. The zero-order valence-corrected chi connectivity index (χ0v) is 14.7. The second-order valence-electron chi connectivity index (χ2n) is 6.45. The van der Waals surface area contributed by atoms with Crippen molar-refractivity contribution in [2.24, 2.45) is 0 Å². The molecule has 0 aliphatic heterocycles. The molecule has 136 valence electrons. The van der Waals surface area contributed by atoms with Crippen LogP contribution in [0, 0.1) is 0 Å². The molecule has 0 unspecified atom stereocenters. The van der Waals surface area contributed by atoms with Crippen molar-refractivity contribution in [3.8, 4) is 11.3 Å². The lowest BCUT2D eigenvalue weighted by Gasteiger charge is -2.06. The van der Waals surface area contributed by atoms with Crippen LogP contribution in [-0.4, -0.2) is 22.6 Å². The van der Waals surface area contributed by atoms with Crippen LogP contribution in [0.15, 0.2) is 71.3 Å². The third kappa shape index (κ3) is 3.78. The van der Waals surface area contributed by atoms with E-state index in [-0.39, 0.29) is 5.76 Å². The zero-order valence-electron chi connectivity index (χ0n) is 14.7. The van der Waals surface area contributed by atoms with Gasteiger partial charge in [-0.25, -0.2) is 4.79 Å². The van der Waals surface area contributed by atoms with Crippen molar-refractivity contribution in [2.45, 2.75) is 13.0 Å². The number of carbonyl (C=O) groups is 1. The minimum atomic E-state index is -1.06. The second kappa shape index (κ2) is 7.51. The summed E-state index contributed by atoms with van der Waals surface area (Å²) in [7, 11) is 0. The summed E-state index contributed by atoms with van der Waals surface area (Å²) >= 11 is 0. The van der Waals surface area contributed by atoms with E-state index < -0.39 is 5.97 Å². The van der Waals surface area contributed by atoms with E-state index in [4.69, 9.17) is 9.52 Å². The summed E-state index contributed by atoms with van der Waals surface area (Å²) in [5.41, 5.74) is 4.53. The van der Waals surface area contributed by atoms with Gasteiger partial charge in [-0.1, -0.05) is 42.5 Å². The number of benzene rings is 2. The lowest BCUT2D eigenvalue weighted by molar-refractivity contribution is 0.0663. The summed E-state index contributed by atoms with van der Waals surface area (Å²) in [4.78, 5) is 14.2. The topological polar surface area (TPSA) is 78.3 Å². The Bertz CT molecular complexity index is 1060. The number of aromatic nitrogens is 1. The highest BCUT2D eigenvalue weighted by atomic mass is 16.4. The Morgan fingerprint density at radius 3 is 2.63 bits per heavy atom. The highest BCUT2D eigenvalue weighted by Gasteiger charge is 2.10. The average Bonchev–Trinajstić information content (AvgIpc) is 3.34. The van der Waals surface area contributed by atoms with Crippen LogP contribution in [0.4, 0.5) is 0 Å². The van der Waals surface area contributed by atoms with Crippen LogP contribution in [0.5, 0.6) is 0 Å². The van der Waals surface area contributed by atoms with Crippen molar-refractivity contribution in [1.82, 2.24) is 10.3 Å². The smallest absolute Gasteiger partial charge is 0.371 e. The van der Waals surface area contributed by atoms with Gasteiger partial charge in [0.05, 0.1) is 0 Å². The van der Waals surface area contributed by atoms with Gasteiger partial charge in [0.25, 0.3) is 0 Å². The molecule has 0 atom stereocenters. The third-order valence-corrected chi connectivity index (χ3v) is 4.63. The Hall–Kier alpha value is -3.31. The Labute approximate surface area is 156 Å². The van der Waals surface area contributed by atoms with Gasteiger partial charge in [0, 0.05) is 29.2 Å². The number of nitrogens with one attached hydrogen (secondary N) is 2. The first-order chi connectivity index (χ1) is 13.2. The Kier molecular flexibility index (Phi) is 4.77. The maximum absolute atomic E-state index is 10.9. The minimum absolute atomic E-state index is 0.0481. The van der Waals surface area contributed by atoms with Crippen molar-refractivity contribution >= 4 is 16.9 Å². The molecule has 0 radical (unpaired) electrons.